The molecule has 0 radical (unpaired) electrons. The first kappa shape index (κ1) is 14.5. The highest BCUT2D eigenvalue weighted by molar-refractivity contribution is 5.80. The molecule has 1 unspecified atom stereocenters. The normalized spacial score (nSPS) is 30.4. The van der Waals surface area contributed by atoms with Gasteiger partial charge in [-0.3, -0.25) is 9.48 Å². The van der Waals surface area contributed by atoms with Crippen molar-refractivity contribution in [2.24, 2.45) is 13.0 Å². The van der Waals surface area contributed by atoms with Crippen LogP contribution in [0, 0.1) is 5.92 Å². The SMILES string of the molecule is CC1CN(C(=O)[C@H]2CNC[C@@H]2c2cnn(C)c2)CCCO1. The van der Waals surface area contributed by atoms with E-state index in [1.807, 2.05) is 31.3 Å². The number of nitrogens with zero attached hydrogens (tertiary/aromatic N) is 3. The van der Waals surface area contributed by atoms with Crippen molar-refractivity contribution in [1.29, 1.82) is 0 Å². The van der Waals surface area contributed by atoms with Gasteiger partial charge in [-0.1, -0.05) is 0 Å². The average Bonchev–Trinajstić information content (AvgIpc) is 3.04. The first-order chi connectivity index (χ1) is 10.1. The number of nitrogens with one attached hydrogen (secondary N) is 1. The summed E-state index contributed by atoms with van der Waals surface area (Å²) in [7, 11) is 1.91. The Morgan fingerprint density at radius 3 is 3.10 bits per heavy atom. The van der Waals surface area contributed by atoms with Crippen molar-refractivity contribution in [3.8, 4) is 0 Å². The van der Waals surface area contributed by atoms with Crippen LogP contribution in [0.3, 0.4) is 0 Å². The molecule has 3 rings (SSSR count). The van der Waals surface area contributed by atoms with Gasteiger partial charge in [-0.25, -0.2) is 0 Å². The predicted octanol–water partition coefficient (Wildman–Crippen LogP) is 0.361. The van der Waals surface area contributed by atoms with E-state index in [2.05, 4.69) is 10.4 Å². The van der Waals surface area contributed by atoms with Crippen LogP contribution in [-0.4, -0.2) is 59.5 Å². The maximum Gasteiger partial charge on any atom is 0.227 e. The second-order valence-corrected chi connectivity index (χ2v) is 6.14. The Bertz CT molecular complexity index is 502. The van der Waals surface area contributed by atoms with Crippen LogP contribution in [0.25, 0.3) is 0 Å². The van der Waals surface area contributed by atoms with Gasteiger partial charge in [-0.2, -0.15) is 5.10 Å². The van der Waals surface area contributed by atoms with Gasteiger partial charge in [-0.15, -0.1) is 0 Å². The highest BCUT2D eigenvalue weighted by Gasteiger charge is 2.37. The number of ether oxygens (including phenoxy) is 1. The molecule has 6 nitrogen and oxygen atoms in total. The Morgan fingerprint density at radius 1 is 1.48 bits per heavy atom. The van der Waals surface area contributed by atoms with E-state index in [9.17, 15) is 4.79 Å². The second-order valence-electron chi connectivity index (χ2n) is 6.14. The van der Waals surface area contributed by atoms with E-state index in [4.69, 9.17) is 4.74 Å². The van der Waals surface area contributed by atoms with Crippen LogP contribution in [0.15, 0.2) is 12.4 Å². The summed E-state index contributed by atoms with van der Waals surface area (Å²) in [5.41, 5.74) is 1.15. The topological polar surface area (TPSA) is 59.4 Å². The van der Waals surface area contributed by atoms with E-state index in [0.29, 0.717) is 6.54 Å². The number of carbonyl (C=O) groups excluding carboxylic acids is 1. The molecule has 2 aliphatic heterocycles. The van der Waals surface area contributed by atoms with Crippen LogP contribution < -0.4 is 5.32 Å². The minimum Gasteiger partial charge on any atom is -0.377 e. The number of hydrogen-bond donors (Lipinski definition) is 1. The molecule has 0 aromatic carbocycles. The summed E-state index contributed by atoms with van der Waals surface area (Å²) in [5.74, 6) is 0.497. The van der Waals surface area contributed by atoms with Crippen LogP contribution in [0.2, 0.25) is 0 Å². The zero-order chi connectivity index (χ0) is 14.8. The van der Waals surface area contributed by atoms with Gasteiger partial charge in [0.1, 0.15) is 0 Å². The first-order valence-electron chi connectivity index (χ1n) is 7.75. The lowest BCUT2D eigenvalue weighted by molar-refractivity contribution is -0.136. The van der Waals surface area contributed by atoms with Crippen LogP contribution >= 0.6 is 0 Å². The van der Waals surface area contributed by atoms with Gasteiger partial charge in [0.05, 0.1) is 18.2 Å². The first-order valence-corrected chi connectivity index (χ1v) is 7.75. The Kier molecular flexibility index (Phi) is 4.26. The van der Waals surface area contributed by atoms with Crippen LogP contribution in [-0.2, 0) is 16.6 Å². The van der Waals surface area contributed by atoms with Gasteiger partial charge in [-0.05, 0) is 18.9 Å². The molecule has 1 N–H and O–H groups in total. The summed E-state index contributed by atoms with van der Waals surface area (Å²) in [6, 6.07) is 0. The third-order valence-corrected chi connectivity index (χ3v) is 4.45. The predicted molar refractivity (Wildman–Crippen MR) is 78.9 cm³/mol. The fourth-order valence-electron chi connectivity index (χ4n) is 3.35. The second kappa shape index (κ2) is 6.15. The number of aryl methyl sites for hydroxylation is 1. The lowest BCUT2D eigenvalue weighted by Crippen LogP contribution is -2.41. The Morgan fingerprint density at radius 2 is 2.33 bits per heavy atom. The quantitative estimate of drug-likeness (QED) is 0.855. The molecule has 0 spiro atoms. The van der Waals surface area contributed by atoms with E-state index < -0.39 is 0 Å². The molecule has 3 heterocycles. The van der Waals surface area contributed by atoms with Crippen molar-refractivity contribution in [2.45, 2.75) is 25.4 Å². The lowest BCUT2D eigenvalue weighted by atomic mass is 9.89. The summed E-state index contributed by atoms with van der Waals surface area (Å²) in [4.78, 5) is 14.9. The summed E-state index contributed by atoms with van der Waals surface area (Å²) >= 11 is 0. The molecule has 0 saturated carbocycles. The van der Waals surface area contributed by atoms with Crippen molar-refractivity contribution in [3.05, 3.63) is 18.0 Å². The van der Waals surface area contributed by atoms with E-state index >= 15 is 0 Å². The van der Waals surface area contributed by atoms with Gasteiger partial charge in [0.2, 0.25) is 5.91 Å². The number of carbonyl (C=O) groups is 1. The number of rotatable bonds is 2. The maximum absolute atomic E-state index is 12.9. The zero-order valence-corrected chi connectivity index (χ0v) is 12.8. The number of amides is 1. The van der Waals surface area contributed by atoms with Gasteiger partial charge < -0.3 is 15.0 Å². The molecule has 2 aliphatic rings. The highest BCUT2D eigenvalue weighted by Crippen LogP contribution is 2.29. The molecular formula is C15H24N4O2. The monoisotopic (exact) mass is 292 g/mol. The van der Waals surface area contributed by atoms with Gasteiger partial charge in [0.15, 0.2) is 0 Å². The van der Waals surface area contributed by atoms with E-state index in [1.54, 1.807) is 4.68 Å². The Hall–Kier alpha value is -1.40. The molecule has 116 valence electrons. The average molecular weight is 292 g/mol. The minimum atomic E-state index is 0.0134. The fourth-order valence-corrected chi connectivity index (χ4v) is 3.35. The molecular weight excluding hydrogens is 268 g/mol. The van der Waals surface area contributed by atoms with Gasteiger partial charge >= 0.3 is 0 Å². The summed E-state index contributed by atoms with van der Waals surface area (Å²) < 4.78 is 7.44. The lowest BCUT2D eigenvalue weighted by Gasteiger charge is -2.27. The smallest absolute Gasteiger partial charge is 0.227 e. The summed E-state index contributed by atoms with van der Waals surface area (Å²) in [5, 5.41) is 7.60. The van der Waals surface area contributed by atoms with Crippen molar-refractivity contribution in [2.75, 3.05) is 32.8 Å². The van der Waals surface area contributed by atoms with Crippen molar-refractivity contribution in [3.63, 3.8) is 0 Å². The molecule has 21 heavy (non-hydrogen) atoms. The molecule has 2 saturated heterocycles. The van der Waals surface area contributed by atoms with Crippen LogP contribution in [0.5, 0.6) is 0 Å². The van der Waals surface area contributed by atoms with Crippen LogP contribution in [0.1, 0.15) is 24.8 Å². The van der Waals surface area contributed by atoms with Gasteiger partial charge in [0, 0.05) is 51.9 Å². The molecule has 1 aromatic rings. The van der Waals surface area contributed by atoms with Crippen molar-refractivity contribution >= 4 is 5.91 Å². The molecule has 1 amide bonds. The molecule has 0 bridgehead atoms. The molecule has 3 atom stereocenters. The number of hydrogen-bond acceptors (Lipinski definition) is 4. The molecule has 0 aliphatic carbocycles. The summed E-state index contributed by atoms with van der Waals surface area (Å²) in [6.07, 6.45) is 4.95. The zero-order valence-electron chi connectivity index (χ0n) is 12.8. The van der Waals surface area contributed by atoms with Gasteiger partial charge in [0.25, 0.3) is 0 Å². The Labute approximate surface area is 125 Å². The van der Waals surface area contributed by atoms with E-state index in [-0.39, 0.29) is 23.8 Å². The molecule has 2 fully saturated rings. The fraction of sp³-hybridized carbons (Fsp3) is 0.733. The van der Waals surface area contributed by atoms with Crippen molar-refractivity contribution < 1.29 is 9.53 Å². The molecule has 1 aromatic heterocycles. The van der Waals surface area contributed by atoms with Crippen molar-refractivity contribution in [1.82, 2.24) is 20.0 Å². The Balaban J connectivity index is 1.73. The largest absolute Gasteiger partial charge is 0.377 e. The third kappa shape index (κ3) is 3.11. The maximum atomic E-state index is 12.9. The minimum absolute atomic E-state index is 0.0134. The van der Waals surface area contributed by atoms with Crippen LogP contribution in [0.4, 0.5) is 0 Å². The molecule has 6 heteroatoms. The van der Waals surface area contributed by atoms with E-state index in [1.165, 1.54) is 0 Å². The number of aromatic nitrogens is 2. The summed E-state index contributed by atoms with van der Waals surface area (Å²) in [6.45, 7) is 5.90. The standard InChI is InChI=1S/C15H24N4O2/c1-11-9-19(4-3-5-21-11)15(20)14-8-16-7-13(14)12-6-17-18(2)10-12/h6,10-11,13-14,16H,3-5,7-9H2,1-2H3/t11?,13-,14+/m1/s1. The third-order valence-electron chi connectivity index (χ3n) is 4.45. The highest BCUT2D eigenvalue weighted by atomic mass is 16.5. The van der Waals surface area contributed by atoms with E-state index in [0.717, 1.165) is 38.2 Å².